The van der Waals surface area contributed by atoms with Crippen LogP contribution in [0.4, 0.5) is 0 Å². The van der Waals surface area contributed by atoms with E-state index in [1.807, 2.05) is 12.1 Å². The molecule has 0 aliphatic rings. The molecule has 0 unspecified atom stereocenters. The molecule has 0 amide bonds. The summed E-state index contributed by atoms with van der Waals surface area (Å²) < 4.78 is 1.34. The normalized spacial score (nSPS) is 11.7. The summed E-state index contributed by atoms with van der Waals surface area (Å²) >= 11 is 12.2. The Labute approximate surface area is 163 Å². The van der Waals surface area contributed by atoms with Gasteiger partial charge in [-0.3, -0.25) is 14.2 Å². The van der Waals surface area contributed by atoms with E-state index < -0.39 is 0 Å². The number of benzene rings is 1. The van der Waals surface area contributed by atoms with Gasteiger partial charge in [-0.2, -0.15) is 0 Å². The third-order valence-corrected chi connectivity index (χ3v) is 4.77. The van der Waals surface area contributed by atoms with E-state index in [2.05, 4.69) is 11.9 Å². The maximum absolute atomic E-state index is 13.0. The number of halogens is 2. The number of Topliss-reactive ketones (excluding diaryl/α,β-unsaturated/α-hetero) is 1. The molecule has 0 fully saturated rings. The molecule has 0 N–H and O–H groups in total. The van der Waals surface area contributed by atoms with E-state index in [4.69, 9.17) is 23.2 Å². The molecular weight excluding hydrogens is 371 g/mol. The standard InChI is InChI=1S/C20H22Cl2N2O2/c1-4-5-6-7-16(15-8-9-17(21)18(22)10-15)19-14(3)23-12-24(20(19)26)11-13(2)25/h7-10,12H,4-6,11H2,1-3H3/b16-7-. The number of aromatic nitrogens is 2. The van der Waals surface area contributed by atoms with Gasteiger partial charge in [0, 0.05) is 0 Å². The van der Waals surface area contributed by atoms with Crippen molar-refractivity contribution >= 4 is 34.6 Å². The van der Waals surface area contributed by atoms with Crippen LogP contribution < -0.4 is 5.56 Å². The minimum Gasteiger partial charge on any atom is -0.298 e. The second-order valence-corrected chi connectivity index (χ2v) is 7.04. The number of unbranched alkanes of at least 4 members (excludes halogenated alkanes) is 2. The van der Waals surface area contributed by atoms with E-state index in [0.717, 1.165) is 30.4 Å². The van der Waals surface area contributed by atoms with E-state index in [0.29, 0.717) is 21.3 Å². The predicted octanol–water partition coefficient (Wildman–Crippen LogP) is 5.07. The SMILES string of the molecule is CCCC/C=C(/c1ccc(Cl)c(Cl)c1)c1c(C)ncn(CC(C)=O)c1=O. The molecule has 138 valence electrons. The van der Waals surface area contributed by atoms with Crippen LogP contribution >= 0.6 is 23.2 Å². The fourth-order valence-corrected chi connectivity index (χ4v) is 3.01. The van der Waals surface area contributed by atoms with Gasteiger partial charge < -0.3 is 0 Å². The third kappa shape index (κ3) is 4.83. The van der Waals surface area contributed by atoms with Crippen LogP contribution in [0.25, 0.3) is 5.57 Å². The molecule has 26 heavy (non-hydrogen) atoms. The van der Waals surface area contributed by atoms with Crippen LogP contribution in [0.2, 0.25) is 10.0 Å². The van der Waals surface area contributed by atoms with Gasteiger partial charge in [0.25, 0.3) is 5.56 Å². The zero-order valence-corrected chi connectivity index (χ0v) is 16.7. The number of hydrogen-bond donors (Lipinski definition) is 0. The number of carbonyl (C=O) groups is 1. The highest BCUT2D eigenvalue weighted by Gasteiger charge is 2.16. The van der Waals surface area contributed by atoms with Gasteiger partial charge in [0.15, 0.2) is 0 Å². The molecule has 0 aliphatic carbocycles. The molecular formula is C20H22Cl2N2O2. The molecule has 2 rings (SSSR count). The van der Waals surface area contributed by atoms with Crippen LogP contribution in [-0.4, -0.2) is 15.3 Å². The maximum Gasteiger partial charge on any atom is 0.261 e. The first-order valence-electron chi connectivity index (χ1n) is 8.56. The molecule has 1 aromatic carbocycles. The Morgan fingerprint density at radius 2 is 2.00 bits per heavy atom. The van der Waals surface area contributed by atoms with E-state index in [9.17, 15) is 9.59 Å². The molecule has 0 atom stereocenters. The van der Waals surface area contributed by atoms with Gasteiger partial charge in [0.05, 0.1) is 34.2 Å². The highest BCUT2D eigenvalue weighted by atomic mass is 35.5. The van der Waals surface area contributed by atoms with Crippen molar-refractivity contribution < 1.29 is 4.79 Å². The van der Waals surface area contributed by atoms with Gasteiger partial charge in [0.1, 0.15) is 5.78 Å². The number of ketones is 1. The van der Waals surface area contributed by atoms with E-state index >= 15 is 0 Å². The summed E-state index contributed by atoms with van der Waals surface area (Å²) in [6, 6.07) is 5.31. The minimum atomic E-state index is -0.235. The summed E-state index contributed by atoms with van der Waals surface area (Å²) in [5.41, 5.74) is 2.44. The number of nitrogens with zero attached hydrogens (tertiary/aromatic N) is 2. The van der Waals surface area contributed by atoms with Crippen LogP contribution in [0.3, 0.4) is 0 Å². The summed E-state index contributed by atoms with van der Waals surface area (Å²) in [5.74, 6) is -0.102. The molecule has 4 nitrogen and oxygen atoms in total. The van der Waals surface area contributed by atoms with Gasteiger partial charge in [-0.05, 0) is 43.5 Å². The smallest absolute Gasteiger partial charge is 0.261 e. The Morgan fingerprint density at radius 3 is 2.62 bits per heavy atom. The first-order chi connectivity index (χ1) is 12.3. The van der Waals surface area contributed by atoms with Crippen LogP contribution in [0.15, 0.2) is 35.4 Å². The van der Waals surface area contributed by atoms with E-state index in [-0.39, 0.29) is 17.9 Å². The lowest BCUT2D eigenvalue weighted by Crippen LogP contribution is -2.27. The second-order valence-electron chi connectivity index (χ2n) is 6.23. The molecule has 2 aromatic rings. The van der Waals surface area contributed by atoms with Crippen molar-refractivity contribution in [1.82, 2.24) is 9.55 Å². The minimum absolute atomic E-state index is 0.00271. The average Bonchev–Trinajstić information content (AvgIpc) is 2.58. The second kappa shape index (κ2) is 9.15. The fourth-order valence-electron chi connectivity index (χ4n) is 2.71. The zero-order valence-electron chi connectivity index (χ0n) is 15.2. The molecule has 0 saturated carbocycles. The van der Waals surface area contributed by atoms with Crippen LogP contribution in [0, 0.1) is 6.92 Å². The Kier molecular flexibility index (Phi) is 7.18. The average molecular weight is 393 g/mol. The van der Waals surface area contributed by atoms with Crippen molar-refractivity contribution in [1.29, 1.82) is 0 Å². The van der Waals surface area contributed by atoms with Crippen molar-refractivity contribution in [3.05, 3.63) is 67.8 Å². The summed E-state index contributed by atoms with van der Waals surface area (Å²) in [5, 5.41) is 0.886. The fraction of sp³-hybridized carbons (Fsp3) is 0.350. The van der Waals surface area contributed by atoms with Crippen molar-refractivity contribution in [2.45, 2.75) is 46.6 Å². The Balaban J connectivity index is 2.66. The lowest BCUT2D eigenvalue weighted by molar-refractivity contribution is -0.117. The maximum atomic E-state index is 13.0. The number of carbonyl (C=O) groups excluding carboxylic acids is 1. The van der Waals surface area contributed by atoms with Crippen molar-refractivity contribution in [3.8, 4) is 0 Å². The summed E-state index contributed by atoms with van der Waals surface area (Å²) in [6.07, 6.45) is 6.33. The topological polar surface area (TPSA) is 52.0 Å². The molecule has 6 heteroatoms. The lowest BCUT2D eigenvalue weighted by Gasteiger charge is -2.14. The van der Waals surface area contributed by atoms with E-state index in [1.54, 1.807) is 19.1 Å². The zero-order chi connectivity index (χ0) is 19.3. The Bertz CT molecular complexity index is 901. The molecule has 1 aromatic heterocycles. The predicted molar refractivity (Wildman–Crippen MR) is 107 cm³/mol. The van der Waals surface area contributed by atoms with Crippen molar-refractivity contribution in [3.63, 3.8) is 0 Å². The Hall–Kier alpha value is -1.91. The highest BCUT2D eigenvalue weighted by Crippen LogP contribution is 2.30. The lowest BCUT2D eigenvalue weighted by atomic mass is 9.96. The monoisotopic (exact) mass is 392 g/mol. The van der Waals surface area contributed by atoms with Gasteiger partial charge in [-0.1, -0.05) is 55.1 Å². The molecule has 0 spiro atoms. The number of rotatable bonds is 7. The van der Waals surface area contributed by atoms with Crippen LogP contribution in [0.5, 0.6) is 0 Å². The first-order valence-corrected chi connectivity index (χ1v) is 9.32. The van der Waals surface area contributed by atoms with Gasteiger partial charge in [-0.25, -0.2) is 4.98 Å². The largest absolute Gasteiger partial charge is 0.298 e. The van der Waals surface area contributed by atoms with Crippen molar-refractivity contribution in [2.24, 2.45) is 0 Å². The van der Waals surface area contributed by atoms with Crippen LogP contribution in [0.1, 0.15) is 49.9 Å². The number of aryl methyl sites for hydroxylation is 1. The van der Waals surface area contributed by atoms with Gasteiger partial charge in [0.2, 0.25) is 0 Å². The molecule has 0 aliphatic heterocycles. The van der Waals surface area contributed by atoms with Crippen molar-refractivity contribution in [2.75, 3.05) is 0 Å². The molecule has 0 radical (unpaired) electrons. The molecule has 0 saturated heterocycles. The summed E-state index contributed by atoms with van der Waals surface area (Å²) in [4.78, 5) is 28.8. The van der Waals surface area contributed by atoms with Gasteiger partial charge >= 0.3 is 0 Å². The summed E-state index contributed by atoms with van der Waals surface area (Å²) in [6.45, 7) is 5.35. The van der Waals surface area contributed by atoms with E-state index in [1.165, 1.54) is 17.8 Å². The number of hydrogen-bond acceptors (Lipinski definition) is 3. The molecule has 1 heterocycles. The molecule has 0 bridgehead atoms. The number of allylic oxidation sites excluding steroid dienone is 1. The summed E-state index contributed by atoms with van der Waals surface area (Å²) in [7, 11) is 0. The first kappa shape index (κ1) is 20.4. The van der Waals surface area contributed by atoms with Gasteiger partial charge in [-0.15, -0.1) is 0 Å². The quantitative estimate of drug-likeness (QED) is 0.617. The Morgan fingerprint density at radius 1 is 1.27 bits per heavy atom. The third-order valence-electron chi connectivity index (χ3n) is 4.03. The highest BCUT2D eigenvalue weighted by molar-refractivity contribution is 6.42. The van der Waals surface area contributed by atoms with Crippen LogP contribution in [-0.2, 0) is 11.3 Å².